The molecule has 0 heterocycles. The molecular weight excluding hydrogens is 276 g/mol. The van der Waals surface area contributed by atoms with Crippen molar-refractivity contribution in [2.75, 3.05) is 0 Å². The molecule has 3 N–H and O–H groups in total. The molecule has 1 atom stereocenters. The molecule has 2 amide bonds. The van der Waals surface area contributed by atoms with E-state index in [4.69, 9.17) is 5.73 Å². The highest BCUT2D eigenvalue weighted by molar-refractivity contribution is 5.78. The number of unbranched alkanes of at least 4 members (excludes halogenated alkanes) is 10. The lowest BCUT2D eigenvalue weighted by Crippen LogP contribution is -2.35. The van der Waals surface area contributed by atoms with Crippen LogP contribution in [0.1, 0.15) is 97.3 Å². The lowest BCUT2D eigenvalue weighted by Gasteiger charge is -2.11. The van der Waals surface area contributed by atoms with Crippen molar-refractivity contribution >= 4 is 11.8 Å². The van der Waals surface area contributed by atoms with Gasteiger partial charge in [-0.05, 0) is 13.3 Å². The largest absolute Gasteiger partial charge is 0.370 e. The Balaban J connectivity index is 3.28. The minimum atomic E-state index is -0.373. The molecule has 0 bridgehead atoms. The van der Waals surface area contributed by atoms with Gasteiger partial charge in [0.05, 0.1) is 0 Å². The van der Waals surface area contributed by atoms with Gasteiger partial charge in [-0.2, -0.15) is 0 Å². The number of primary amides is 1. The van der Waals surface area contributed by atoms with Gasteiger partial charge in [0.25, 0.3) is 0 Å². The van der Waals surface area contributed by atoms with Gasteiger partial charge >= 0.3 is 0 Å². The quantitative estimate of drug-likeness (QED) is 0.447. The van der Waals surface area contributed by atoms with Crippen molar-refractivity contribution in [3.05, 3.63) is 0 Å². The smallest absolute Gasteiger partial charge is 0.220 e. The summed E-state index contributed by atoms with van der Waals surface area (Å²) < 4.78 is 0. The van der Waals surface area contributed by atoms with Gasteiger partial charge < -0.3 is 11.1 Å². The van der Waals surface area contributed by atoms with Gasteiger partial charge in [0.2, 0.25) is 11.8 Å². The molecular formula is C18H36N2O2. The third kappa shape index (κ3) is 15.3. The Morgan fingerprint density at radius 2 is 1.32 bits per heavy atom. The zero-order valence-corrected chi connectivity index (χ0v) is 14.7. The van der Waals surface area contributed by atoms with Crippen molar-refractivity contribution in [3.8, 4) is 0 Å². The van der Waals surface area contributed by atoms with Gasteiger partial charge in [-0.3, -0.25) is 9.59 Å². The van der Waals surface area contributed by atoms with Crippen LogP contribution in [-0.2, 0) is 9.59 Å². The van der Waals surface area contributed by atoms with Gasteiger partial charge in [-0.25, -0.2) is 0 Å². The molecule has 0 saturated carbocycles. The van der Waals surface area contributed by atoms with Crippen LogP contribution < -0.4 is 11.1 Å². The van der Waals surface area contributed by atoms with Crippen LogP contribution in [0.15, 0.2) is 0 Å². The molecule has 0 aromatic rings. The van der Waals surface area contributed by atoms with Crippen LogP contribution >= 0.6 is 0 Å². The van der Waals surface area contributed by atoms with E-state index in [0.717, 1.165) is 12.8 Å². The fourth-order valence-corrected chi connectivity index (χ4v) is 2.65. The van der Waals surface area contributed by atoms with Crippen LogP contribution in [0.4, 0.5) is 0 Å². The maximum atomic E-state index is 11.6. The number of hydrogen-bond acceptors (Lipinski definition) is 2. The van der Waals surface area contributed by atoms with Crippen molar-refractivity contribution in [2.45, 2.75) is 103 Å². The molecule has 22 heavy (non-hydrogen) atoms. The second-order valence-corrected chi connectivity index (χ2v) is 6.42. The van der Waals surface area contributed by atoms with E-state index in [1.165, 1.54) is 57.8 Å². The molecule has 4 nitrogen and oxygen atoms in total. The number of hydrogen-bond donors (Lipinski definition) is 2. The third-order valence-electron chi connectivity index (χ3n) is 3.92. The summed E-state index contributed by atoms with van der Waals surface area (Å²) in [6, 6.07) is -0.155. The van der Waals surface area contributed by atoms with Crippen molar-refractivity contribution in [1.29, 1.82) is 0 Å². The van der Waals surface area contributed by atoms with Gasteiger partial charge in [0.1, 0.15) is 0 Å². The fraction of sp³-hybridized carbons (Fsp3) is 0.889. The minimum absolute atomic E-state index is 0.0321. The number of nitrogens with one attached hydrogen (secondary N) is 1. The SMILES string of the molecule is CCCCCCCCCCCCCC(=O)N[C@@H](C)CC(N)=O. The fourth-order valence-electron chi connectivity index (χ4n) is 2.65. The number of carbonyl (C=O) groups is 2. The molecule has 0 aliphatic rings. The van der Waals surface area contributed by atoms with E-state index >= 15 is 0 Å². The zero-order chi connectivity index (χ0) is 16.6. The van der Waals surface area contributed by atoms with Crippen molar-refractivity contribution in [3.63, 3.8) is 0 Å². The van der Waals surface area contributed by atoms with Crippen LogP contribution in [0.5, 0.6) is 0 Å². The molecule has 0 rings (SSSR count). The van der Waals surface area contributed by atoms with Crippen LogP contribution in [-0.4, -0.2) is 17.9 Å². The predicted octanol–water partition coefficient (Wildman–Crippen LogP) is 4.07. The average molecular weight is 312 g/mol. The normalized spacial score (nSPS) is 12.1. The Hall–Kier alpha value is -1.06. The minimum Gasteiger partial charge on any atom is -0.370 e. The van der Waals surface area contributed by atoms with Gasteiger partial charge in [0, 0.05) is 18.9 Å². The lowest BCUT2D eigenvalue weighted by atomic mass is 10.1. The second-order valence-electron chi connectivity index (χ2n) is 6.42. The van der Waals surface area contributed by atoms with E-state index in [1.807, 2.05) is 6.92 Å². The van der Waals surface area contributed by atoms with Crippen molar-refractivity contribution in [2.24, 2.45) is 5.73 Å². The number of amides is 2. The monoisotopic (exact) mass is 312 g/mol. The molecule has 0 aromatic heterocycles. The summed E-state index contributed by atoms with van der Waals surface area (Å²) in [7, 11) is 0. The Morgan fingerprint density at radius 1 is 0.864 bits per heavy atom. The molecule has 0 radical (unpaired) electrons. The third-order valence-corrected chi connectivity index (χ3v) is 3.92. The maximum absolute atomic E-state index is 11.6. The molecule has 0 spiro atoms. The summed E-state index contributed by atoms with van der Waals surface area (Å²) in [6.07, 6.45) is 14.9. The number of carbonyl (C=O) groups excluding carboxylic acids is 2. The summed E-state index contributed by atoms with van der Waals surface area (Å²) >= 11 is 0. The van der Waals surface area contributed by atoms with Gasteiger partial charge in [-0.15, -0.1) is 0 Å². The summed E-state index contributed by atoms with van der Waals surface area (Å²) in [4.78, 5) is 22.4. The zero-order valence-electron chi connectivity index (χ0n) is 14.7. The average Bonchev–Trinajstić information content (AvgIpc) is 2.43. The molecule has 0 unspecified atom stereocenters. The summed E-state index contributed by atoms with van der Waals surface area (Å²) in [5.74, 6) is -0.341. The first kappa shape index (κ1) is 20.9. The maximum Gasteiger partial charge on any atom is 0.220 e. The Kier molecular flexibility index (Phi) is 14.1. The summed E-state index contributed by atoms with van der Waals surface area (Å²) in [5.41, 5.74) is 5.09. The van der Waals surface area contributed by atoms with E-state index in [0.29, 0.717) is 6.42 Å². The topological polar surface area (TPSA) is 72.2 Å². The highest BCUT2D eigenvalue weighted by atomic mass is 16.2. The van der Waals surface area contributed by atoms with E-state index in [-0.39, 0.29) is 24.3 Å². The first-order valence-corrected chi connectivity index (χ1v) is 9.14. The Labute approximate surface area is 136 Å². The summed E-state index contributed by atoms with van der Waals surface area (Å²) in [5, 5.41) is 2.81. The van der Waals surface area contributed by atoms with Gasteiger partial charge in [-0.1, -0.05) is 71.1 Å². The molecule has 0 fully saturated rings. The van der Waals surface area contributed by atoms with Crippen molar-refractivity contribution < 1.29 is 9.59 Å². The van der Waals surface area contributed by atoms with E-state index < -0.39 is 0 Å². The second kappa shape index (κ2) is 14.9. The first-order chi connectivity index (χ1) is 10.6. The molecule has 0 aromatic carbocycles. The van der Waals surface area contributed by atoms with E-state index in [2.05, 4.69) is 12.2 Å². The number of rotatable bonds is 15. The first-order valence-electron chi connectivity index (χ1n) is 9.14. The molecule has 4 heteroatoms. The van der Waals surface area contributed by atoms with Crippen LogP contribution in [0.2, 0.25) is 0 Å². The van der Waals surface area contributed by atoms with Crippen molar-refractivity contribution in [1.82, 2.24) is 5.32 Å². The van der Waals surface area contributed by atoms with Gasteiger partial charge in [0.15, 0.2) is 0 Å². The van der Waals surface area contributed by atoms with Crippen LogP contribution in [0, 0.1) is 0 Å². The Bertz CT molecular complexity index is 293. The van der Waals surface area contributed by atoms with E-state index in [9.17, 15) is 9.59 Å². The number of nitrogens with two attached hydrogens (primary N) is 1. The van der Waals surface area contributed by atoms with Crippen LogP contribution in [0.3, 0.4) is 0 Å². The standard InChI is InChI=1S/C18H36N2O2/c1-3-4-5-6-7-8-9-10-11-12-13-14-18(22)20-16(2)15-17(19)21/h16H,3-15H2,1-2H3,(H2,19,21)(H,20,22)/t16-/m0/s1. The molecule has 0 aliphatic heterocycles. The Morgan fingerprint density at radius 3 is 1.77 bits per heavy atom. The van der Waals surface area contributed by atoms with E-state index in [1.54, 1.807) is 0 Å². The molecule has 130 valence electrons. The predicted molar refractivity (Wildman–Crippen MR) is 92.5 cm³/mol. The highest BCUT2D eigenvalue weighted by Gasteiger charge is 2.09. The molecule has 0 aliphatic carbocycles. The highest BCUT2D eigenvalue weighted by Crippen LogP contribution is 2.11. The molecule has 0 saturated heterocycles. The summed E-state index contributed by atoms with van der Waals surface area (Å²) in [6.45, 7) is 4.06. The van der Waals surface area contributed by atoms with Crippen LogP contribution in [0.25, 0.3) is 0 Å². The lowest BCUT2D eigenvalue weighted by molar-refractivity contribution is -0.122.